The van der Waals surface area contributed by atoms with E-state index < -0.39 is 13.0 Å². The molecule has 3 heterocycles. The monoisotopic (exact) mass is 381 g/mol. The molecule has 0 saturated carbocycles. The molecule has 0 saturated heterocycles. The number of aryl methyl sites for hydroxylation is 1. The molecule has 0 radical (unpaired) electrons. The number of hydrogen-bond acceptors (Lipinski definition) is 3. The van der Waals surface area contributed by atoms with Crippen molar-refractivity contribution in [3.05, 3.63) is 66.0 Å². The molecule has 8 heteroatoms. The van der Waals surface area contributed by atoms with Gasteiger partial charge in [-0.2, -0.15) is 10.4 Å². The molecule has 28 heavy (non-hydrogen) atoms. The molecule has 4 aromatic rings. The number of alkyl halides is 2. The van der Waals surface area contributed by atoms with Gasteiger partial charge in [0.05, 0.1) is 6.20 Å². The summed E-state index contributed by atoms with van der Waals surface area (Å²) in [5.41, 5.74) is 3.75. The molecule has 0 atom stereocenters. The molecule has 0 spiro atoms. The lowest BCUT2D eigenvalue weighted by Gasteiger charge is -2.06. The number of nitrogens with zero attached hydrogens (tertiary/aromatic N) is 5. The Balaban J connectivity index is 1.91. The van der Waals surface area contributed by atoms with Gasteiger partial charge in [0.2, 0.25) is 0 Å². The number of pyridine rings is 1. The van der Waals surface area contributed by atoms with Crippen molar-refractivity contribution in [2.75, 3.05) is 0 Å². The Morgan fingerprint density at radius 2 is 1.93 bits per heavy atom. The van der Waals surface area contributed by atoms with Gasteiger partial charge < -0.3 is 0 Å². The van der Waals surface area contributed by atoms with Gasteiger partial charge in [0.25, 0.3) is 6.43 Å². The summed E-state index contributed by atoms with van der Waals surface area (Å²) in [7, 11) is 0. The van der Waals surface area contributed by atoms with Crippen LogP contribution in [0.2, 0.25) is 0 Å². The summed E-state index contributed by atoms with van der Waals surface area (Å²) in [6.45, 7) is 1.08. The summed E-state index contributed by atoms with van der Waals surface area (Å²) in [6, 6.07) is 10.1. The van der Waals surface area contributed by atoms with Gasteiger partial charge in [-0.05, 0) is 42.8 Å². The molecule has 0 amide bonds. The maximum absolute atomic E-state index is 13.7. The van der Waals surface area contributed by atoms with E-state index in [4.69, 9.17) is 0 Å². The highest BCUT2D eigenvalue weighted by molar-refractivity contribution is 5.81. The predicted molar refractivity (Wildman–Crippen MR) is 97.3 cm³/mol. The molecule has 1 aromatic carbocycles. The average molecular weight is 381 g/mol. The van der Waals surface area contributed by atoms with Crippen molar-refractivity contribution in [1.29, 1.82) is 5.26 Å². The van der Waals surface area contributed by atoms with E-state index in [0.717, 1.165) is 0 Å². The van der Waals surface area contributed by atoms with Crippen LogP contribution in [0.15, 0.2) is 48.9 Å². The first kappa shape index (κ1) is 17.8. The molecular weight excluding hydrogens is 367 g/mol. The molecule has 0 fully saturated rings. The molecule has 0 N–H and O–H groups in total. The van der Waals surface area contributed by atoms with E-state index in [1.54, 1.807) is 41.8 Å². The largest absolute Gasteiger partial charge is 0.291 e. The van der Waals surface area contributed by atoms with Crippen LogP contribution in [0.25, 0.3) is 28.0 Å². The molecular formula is C20H14F3N5. The lowest BCUT2D eigenvalue weighted by Crippen LogP contribution is -2.06. The zero-order valence-electron chi connectivity index (χ0n) is 14.8. The lowest BCUT2D eigenvalue weighted by atomic mass is 10.0. The normalized spacial score (nSPS) is 11.3. The van der Waals surface area contributed by atoms with Crippen molar-refractivity contribution in [3.63, 3.8) is 0 Å². The molecule has 0 aliphatic carbocycles. The first-order valence-electron chi connectivity index (χ1n) is 8.46. The van der Waals surface area contributed by atoms with Crippen LogP contribution in [0.5, 0.6) is 0 Å². The Morgan fingerprint density at radius 1 is 1.14 bits per heavy atom. The highest BCUT2D eigenvalue weighted by Crippen LogP contribution is 2.32. The predicted octanol–water partition coefficient (Wildman–Crippen LogP) is 4.45. The molecule has 0 aliphatic rings. The van der Waals surface area contributed by atoms with Crippen molar-refractivity contribution >= 4 is 5.65 Å². The number of aromatic nitrogens is 4. The van der Waals surface area contributed by atoms with Crippen LogP contribution in [0.1, 0.15) is 11.3 Å². The molecule has 0 bridgehead atoms. The van der Waals surface area contributed by atoms with Crippen LogP contribution in [-0.2, 0) is 6.54 Å². The molecule has 5 nitrogen and oxygen atoms in total. The minimum Gasteiger partial charge on any atom is -0.291 e. The summed E-state index contributed by atoms with van der Waals surface area (Å²) in [5.74, 6) is -0.351. The lowest BCUT2D eigenvalue weighted by molar-refractivity contribution is 0.122. The topological polar surface area (TPSA) is 58.9 Å². The summed E-state index contributed by atoms with van der Waals surface area (Å²) in [6.07, 6.45) is 2.15. The zero-order chi connectivity index (χ0) is 19.8. The highest BCUT2D eigenvalue weighted by atomic mass is 19.3. The first-order chi connectivity index (χ1) is 13.5. The number of halogens is 3. The Hall–Kier alpha value is -3.60. The molecule has 0 unspecified atom stereocenters. The van der Waals surface area contributed by atoms with Crippen LogP contribution in [0.4, 0.5) is 13.2 Å². The number of rotatable bonds is 4. The number of nitriles is 1. The molecule has 3 aromatic heterocycles. The van der Waals surface area contributed by atoms with Crippen molar-refractivity contribution in [1.82, 2.24) is 19.2 Å². The minimum atomic E-state index is -2.56. The molecule has 140 valence electrons. The van der Waals surface area contributed by atoms with Gasteiger partial charge in [-0.3, -0.25) is 9.08 Å². The fourth-order valence-electron chi connectivity index (χ4n) is 3.10. The number of benzene rings is 1. The average Bonchev–Trinajstić information content (AvgIpc) is 3.26. The second-order valence-electron chi connectivity index (χ2n) is 6.37. The van der Waals surface area contributed by atoms with Crippen LogP contribution in [0, 0.1) is 24.1 Å². The third-order valence-electron chi connectivity index (χ3n) is 4.45. The van der Waals surface area contributed by atoms with Gasteiger partial charge >= 0.3 is 0 Å². The van der Waals surface area contributed by atoms with E-state index >= 15 is 0 Å². The van der Waals surface area contributed by atoms with Gasteiger partial charge in [0, 0.05) is 29.1 Å². The van der Waals surface area contributed by atoms with E-state index in [0.29, 0.717) is 39.3 Å². The van der Waals surface area contributed by atoms with Gasteiger partial charge in [-0.25, -0.2) is 18.2 Å². The van der Waals surface area contributed by atoms with Crippen molar-refractivity contribution < 1.29 is 13.2 Å². The third-order valence-corrected chi connectivity index (χ3v) is 4.45. The summed E-state index contributed by atoms with van der Waals surface area (Å²) in [4.78, 5) is 4.15. The van der Waals surface area contributed by atoms with E-state index in [-0.39, 0.29) is 5.82 Å². The minimum absolute atomic E-state index is 0.351. The second kappa shape index (κ2) is 6.85. The van der Waals surface area contributed by atoms with E-state index in [1.165, 1.54) is 23.1 Å². The number of imidazole rings is 1. The van der Waals surface area contributed by atoms with Crippen molar-refractivity contribution in [2.24, 2.45) is 0 Å². The van der Waals surface area contributed by atoms with Crippen LogP contribution in [-0.4, -0.2) is 25.6 Å². The Labute approximate surface area is 158 Å². The van der Waals surface area contributed by atoms with Crippen molar-refractivity contribution in [2.45, 2.75) is 19.9 Å². The fourth-order valence-corrected chi connectivity index (χ4v) is 3.10. The van der Waals surface area contributed by atoms with Gasteiger partial charge in [-0.15, -0.1) is 0 Å². The molecule has 4 rings (SSSR count). The molecule has 0 aliphatic heterocycles. The van der Waals surface area contributed by atoms with E-state index in [9.17, 15) is 18.4 Å². The van der Waals surface area contributed by atoms with Gasteiger partial charge in [-0.1, -0.05) is 0 Å². The van der Waals surface area contributed by atoms with E-state index in [2.05, 4.69) is 16.2 Å². The van der Waals surface area contributed by atoms with Crippen LogP contribution < -0.4 is 0 Å². The first-order valence-corrected chi connectivity index (χ1v) is 8.46. The second-order valence-corrected chi connectivity index (χ2v) is 6.37. The highest BCUT2D eigenvalue weighted by Gasteiger charge is 2.17. The summed E-state index contributed by atoms with van der Waals surface area (Å²) in [5, 5.41) is 13.5. The quantitative estimate of drug-likeness (QED) is 0.525. The SMILES string of the molecule is Cc1cc(-c2nn(CC(F)F)cc2-c2ccc3ncc(C#N)n3c2)ccc1F. The van der Waals surface area contributed by atoms with Crippen molar-refractivity contribution in [3.8, 4) is 28.5 Å². The van der Waals surface area contributed by atoms with E-state index in [1.807, 2.05) is 0 Å². The Bertz CT molecular complexity index is 1220. The third kappa shape index (κ3) is 3.11. The number of hydrogen-bond donors (Lipinski definition) is 0. The Morgan fingerprint density at radius 3 is 2.64 bits per heavy atom. The number of fused-ring (bicyclic) bond motifs is 1. The zero-order valence-corrected chi connectivity index (χ0v) is 14.8. The smallest absolute Gasteiger partial charge is 0.257 e. The van der Waals surface area contributed by atoms with Gasteiger partial charge in [0.1, 0.15) is 35.5 Å². The Kier molecular flexibility index (Phi) is 4.35. The van der Waals surface area contributed by atoms with Crippen LogP contribution >= 0.6 is 0 Å². The van der Waals surface area contributed by atoms with Gasteiger partial charge in [0.15, 0.2) is 0 Å². The van der Waals surface area contributed by atoms with Crippen LogP contribution in [0.3, 0.4) is 0 Å². The fraction of sp³-hybridized carbons (Fsp3) is 0.150. The maximum atomic E-state index is 13.7. The maximum Gasteiger partial charge on any atom is 0.257 e. The standard InChI is InChI=1S/C20H14F3N5/c1-12-6-13(2-4-17(12)21)20-16(10-27(26-20)11-18(22)23)14-3-5-19-25-8-15(7-24)28(19)9-14/h2-6,8-10,18H,11H2,1H3. The summed E-state index contributed by atoms with van der Waals surface area (Å²) >= 11 is 0. The summed E-state index contributed by atoms with van der Waals surface area (Å²) < 4.78 is 42.3.